The van der Waals surface area contributed by atoms with E-state index in [-0.39, 0.29) is 0 Å². The fraction of sp³-hybridized carbons (Fsp3) is 0.500. The first-order valence-electron chi connectivity index (χ1n) is 8.44. The number of rotatable bonds is 3. The van der Waals surface area contributed by atoms with Crippen molar-refractivity contribution < 1.29 is 9.47 Å². The molecule has 2 aromatic heterocycles. The Morgan fingerprint density at radius 1 is 0.760 bits per heavy atom. The van der Waals surface area contributed by atoms with Gasteiger partial charge in [0.05, 0.1) is 26.4 Å². The van der Waals surface area contributed by atoms with Crippen molar-refractivity contribution in [2.75, 3.05) is 62.4 Å². The topological polar surface area (TPSA) is 76.5 Å². The standard InChI is InChI=1S/C16H19BN6O2/c17-13-3-1-2-12(18-13)14-19-15(22-4-8-24-9-5-22)21-16(20-14)23-6-10-25-11-7-23/h1-3H,4-11H2. The van der Waals surface area contributed by atoms with Crippen molar-refractivity contribution in [1.82, 2.24) is 19.9 Å². The summed E-state index contributed by atoms with van der Waals surface area (Å²) in [5.74, 6) is 1.84. The largest absolute Gasteiger partial charge is 0.378 e. The van der Waals surface area contributed by atoms with Crippen LogP contribution in [0.1, 0.15) is 0 Å². The maximum absolute atomic E-state index is 5.82. The van der Waals surface area contributed by atoms with Crippen LogP contribution in [0.4, 0.5) is 11.9 Å². The number of aromatic nitrogens is 4. The van der Waals surface area contributed by atoms with Crippen LogP contribution in [0.2, 0.25) is 0 Å². The van der Waals surface area contributed by atoms with Gasteiger partial charge in [-0.3, -0.25) is 4.98 Å². The summed E-state index contributed by atoms with van der Waals surface area (Å²) in [5, 5.41) is 0. The fourth-order valence-electron chi connectivity index (χ4n) is 2.85. The second-order valence-corrected chi connectivity index (χ2v) is 5.91. The van der Waals surface area contributed by atoms with Crippen LogP contribution in [0.5, 0.6) is 0 Å². The van der Waals surface area contributed by atoms with Gasteiger partial charge in [-0.1, -0.05) is 12.1 Å². The highest BCUT2D eigenvalue weighted by molar-refractivity contribution is 6.30. The van der Waals surface area contributed by atoms with E-state index in [2.05, 4.69) is 29.7 Å². The zero-order valence-electron chi connectivity index (χ0n) is 14.0. The average molecular weight is 338 g/mol. The molecule has 2 radical (unpaired) electrons. The zero-order chi connectivity index (χ0) is 17.1. The molecule has 8 nitrogen and oxygen atoms in total. The number of anilines is 2. The molecule has 4 heterocycles. The Labute approximate surface area is 147 Å². The Kier molecular flexibility index (Phi) is 4.75. The van der Waals surface area contributed by atoms with Gasteiger partial charge in [0, 0.05) is 26.2 Å². The molecule has 0 atom stereocenters. The van der Waals surface area contributed by atoms with Crippen LogP contribution in [0.25, 0.3) is 11.5 Å². The third-order valence-corrected chi connectivity index (χ3v) is 4.20. The molecular formula is C16H19BN6O2. The predicted molar refractivity (Wildman–Crippen MR) is 94.5 cm³/mol. The summed E-state index contributed by atoms with van der Waals surface area (Å²) < 4.78 is 10.9. The van der Waals surface area contributed by atoms with Crippen LogP contribution in [0.3, 0.4) is 0 Å². The molecule has 9 heteroatoms. The SMILES string of the molecule is [B]c1cccc(-c2nc(N3CCOCC3)nc(N3CCOCC3)n2)n1. The number of ether oxygens (including phenoxy) is 2. The van der Waals surface area contributed by atoms with Gasteiger partial charge >= 0.3 is 0 Å². The highest BCUT2D eigenvalue weighted by Crippen LogP contribution is 2.21. The molecule has 2 aromatic rings. The van der Waals surface area contributed by atoms with Gasteiger partial charge in [0.2, 0.25) is 11.9 Å². The van der Waals surface area contributed by atoms with E-state index in [0.29, 0.717) is 55.4 Å². The van der Waals surface area contributed by atoms with Crippen molar-refractivity contribution in [2.45, 2.75) is 0 Å². The van der Waals surface area contributed by atoms with Gasteiger partial charge < -0.3 is 19.3 Å². The Balaban J connectivity index is 1.73. The predicted octanol–water partition coefficient (Wildman–Crippen LogP) is -0.599. The van der Waals surface area contributed by atoms with Crippen LogP contribution < -0.4 is 15.4 Å². The third-order valence-electron chi connectivity index (χ3n) is 4.20. The molecule has 2 aliphatic heterocycles. The summed E-state index contributed by atoms with van der Waals surface area (Å²) in [6.45, 7) is 5.73. The molecule has 2 fully saturated rings. The number of hydrogen-bond donors (Lipinski definition) is 0. The number of pyridine rings is 1. The molecule has 0 bridgehead atoms. The van der Waals surface area contributed by atoms with E-state index >= 15 is 0 Å². The Hall–Kier alpha value is -2.26. The lowest BCUT2D eigenvalue weighted by Gasteiger charge is -2.30. The number of hydrogen-bond acceptors (Lipinski definition) is 8. The summed E-state index contributed by atoms with van der Waals surface area (Å²) in [6, 6.07) is 5.46. The lowest BCUT2D eigenvalue weighted by molar-refractivity contribution is 0.121. The van der Waals surface area contributed by atoms with Gasteiger partial charge in [-0.05, 0) is 11.7 Å². The maximum Gasteiger partial charge on any atom is 0.230 e. The van der Waals surface area contributed by atoms with Gasteiger partial charge in [-0.15, -0.1) is 0 Å². The quantitative estimate of drug-likeness (QED) is 0.687. The normalized spacial score (nSPS) is 18.4. The van der Waals surface area contributed by atoms with Crippen LogP contribution >= 0.6 is 0 Å². The fourth-order valence-corrected chi connectivity index (χ4v) is 2.85. The van der Waals surface area contributed by atoms with Crippen molar-refractivity contribution >= 4 is 25.3 Å². The molecule has 2 saturated heterocycles. The first-order chi connectivity index (χ1) is 12.3. The molecule has 0 spiro atoms. The van der Waals surface area contributed by atoms with Crippen LogP contribution in [-0.4, -0.2) is 80.4 Å². The molecule has 2 aliphatic rings. The summed E-state index contributed by atoms with van der Waals surface area (Å²) >= 11 is 0. The Morgan fingerprint density at radius 3 is 1.84 bits per heavy atom. The second-order valence-electron chi connectivity index (χ2n) is 5.91. The van der Waals surface area contributed by atoms with Gasteiger partial charge in [0.25, 0.3) is 0 Å². The molecule has 25 heavy (non-hydrogen) atoms. The van der Waals surface area contributed by atoms with Crippen molar-refractivity contribution in [2.24, 2.45) is 0 Å². The molecule has 0 amide bonds. The van der Waals surface area contributed by atoms with Crippen LogP contribution in [0.15, 0.2) is 18.2 Å². The molecule has 0 saturated carbocycles. The van der Waals surface area contributed by atoms with Crippen LogP contribution in [-0.2, 0) is 9.47 Å². The highest BCUT2D eigenvalue weighted by Gasteiger charge is 2.21. The van der Waals surface area contributed by atoms with Crippen molar-refractivity contribution in [3.05, 3.63) is 18.2 Å². The van der Waals surface area contributed by atoms with E-state index in [9.17, 15) is 0 Å². The molecule has 0 unspecified atom stereocenters. The lowest BCUT2D eigenvalue weighted by atomic mass is 10.0. The van der Waals surface area contributed by atoms with Gasteiger partial charge in [0.1, 0.15) is 13.5 Å². The van der Waals surface area contributed by atoms with E-state index in [4.69, 9.17) is 17.3 Å². The van der Waals surface area contributed by atoms with E-state index in [1.54, 1.807) is 6.07 Å². The zero-order valence-corrected chi connectivity index (χ0v) is 14.0. The minimum absolute atomic E-state index is 0.443. The Morgan fingerprint density at radius 2 is 1.32 bits per heavy atom. The van der Waals surface area contributed by atoms with E-state index < -0.39 is 0 Å². The molecule has 0 aromatic carbocycles. The van der Waals surface area contributed by atoms with Gasteiger partial charge in [-0.25, -0.2) is 0 Å². The van der Waals surface area contributed by atoms with Crippen LogP contribution in [0, 0.1) is 0 Å². The highest BCUT2D eigenvalue weighted by atomic mass is 16.5. The summed E-state index contributed by atoms with van der Waals surface area (Å²) in [7, 11) is 5.82. The summed E-state index contributed by atoms with van der Waals surface area (Å²) in [5.41, 5.74) is 1.09. The third kappa shape index (κ3) is 3.72. The number of morpholine rings is 2. The minimum atomic E-state index is 0.443. The number of nitrogens with zero attached hydrogens (tertiary/aromatic N) is 6. The van der Waals surface area contributed by atoms with Crippen molar-refractivity contribution in [1.29, 1.82) is 0 Å². The maximum atomic E-state index is 5.82. The summed E-state index contributed by atoms with van der Waals surface area (Å²) in [4.78, 5) is 22.5. The van der Waals surface area contributed by atoms with Gasteiger partial charge in [-0.2, -0.15) is 15.0 Å². The van der Waals surface area contributed by atoms with E-state index in [1.165, 1.54) is 0 Å². The average Bonchev–Trinajstić information content (AvgIpc) is 2.69. The molecule has 0 aliphatic carbocycles. The van der Waals surface area contributed by atoms with E-state index in [1.807, 2.05) is 12.1 Å². The van der Waals surface area contributed by atoms with Crippen molar-refractivity contribution in [3.8, 4) is 11.5 Å². The molecule has 0 N–H and O–H groups in total. The van der Waals surface area contributed by atoms with E-state index in [0.717, 1.165) is 26.2 Å². The van der Waals surface area contributed by atoms with Crippen molar-refractivity contribution in [3.63, 3.8) is 0 Å². The second kappa shape index (κ2) is 7.32. The monoisotopic (exact) mass is 338 g/mol. The smallest absolute Gasteiger partial charge is 0.230 e. The molecule has 4 rings (SSSR count). The Bertz CT molecular complexity index is 698. The molecule has 128 valence electrons. The first kappa shape index (κ1) is 16.2. The minimum Gasteiger partial charge on any atom is -0.378 e. The summed E-state index contributed by atoms with van der Waals surface area (Å²) in [6.07, 6.45) is 0. The first-order valence-corrected chi connectivity index (χ1v) is 8.44. The molecular weight excluding hydrogens is 319 g/mol. The lowest BCUT2D eigenvalue weighted by Crippen LogP contribution is -2.40. The van der Waals surface area contributed by atoms with Gasteiger partial charge in [0.15, 0.2) is 5.82 Å².